The molecule has 0 aliphatic carbocycles. The van der Waals surface area contributed by atoms with Crippen LogP contribution in [0, 0.1) is 5.92 Å². The summed E-state index contributed by atoms with van der Waals surface area (Å²) in [5.41, 5.74) is 0. The molecular formula is C10H16OS. The smallest absolute Gasteiger partial charge is 0.116 e. The highest BCUT2D eigenvalue weighted by molar-refractivity contribution is 7.80. The fourth-order valence-corrected chi connectivity index (χ4v) is 1.27. The Labute approximate surface area is 79.6 Å². The molecule has 1 atom stereocenters. The highest BCUT2D eigenvalue weighted by Crippen LogP contribution is 2.22. The van der Waals surface area contributed by atoms with Crippen molar-refractivity contribution in [3.63, 3.8) is 0 Å². The summed E-state index contributed by atoms with van der Waals surface area (Å²) >= 11 is 4.30. The van der Waals surface area contributed by atoms with Crippen LogP contribution in [-0.4, -0.2) is 0 Å². The molecular weight excluding hydrogens is 168 g/mol. The molecule has 1 rings (SSSR count). The minimum atomic E-state index is 0.200. The standard InChI is InChI=1S/C10H16OS/c1-7(2)6-9-4-5-10(11-9)8(3)12/h4-5,7-8,12H,6H2,1-3H3. The first-order valence-electron chi connectivity index (χ1n) is 4.36. The average molecular weight is 184 g/mol. The summed E-state index contributed by atoms with van der Waals surface area (Å²) in [4.78, 5) is 0. The van der Waals surface area contributed by atoms with E-state index in [1.54, 1.807) is 0 Å². The van der Waals surface area contributed by atoms with Gasteiger partial charge in [0.2, 0.25) is 0 Å². The first-order valence-corrected chi connectivity index (χ1v) is 4.88. The number of hydrogen-bond donors (Lipinski definition) is 1. The monoisotopic (exact) mass is 184 g/mol. The van der Waals surface area contributed by atoms with Crippen LogP contribution in [-0.2, 0) is 6.42 Å². The lowest BCUT2D eigenvalue weighted by molar-refractivity contribution is 0.441. The molecule has 0 fully saturated rings. The van der Waals surface area contributed by atoms with E-state index in [9.17, 15) is 0 Å². The zero-order chi connectivity index (χ0) is 9.14. The van der Waals surface area contributed by atoms with Crippen LogP contribution < -0.4 is 0 Å². The molecule has 0 saturated carbocycles. The fourth-order valence-electron chi connectivity index (χ4n) is 1.13. The molecule has 12 heavy (non-hydrogen) atoms. The van der Waals surface area contributed by atoms with Crippen LogP contribution in [0.3, 0.4) is 0 Å². The van der Waals surface area contributed by atoms with Crippen LogP contribution in [0.2, 0.25) is 0 Å². The highest BCUT2D eigenvalue weighted by atomic mass is 32.1. The predicted molar refractivity (Wildman–Crippen MR) is 54.7 cm³/mol. The average Bonchev–Trinajstić information content (AvgIpc) is 2.34. The Kier molecular flexibility index (Phi) is 3.27. The SMILES string of the molecule is CC(C)Cc1ccc(C(C)S)o1. The van der Waals surface area contributed by atoms with E-state index in [0.717, 1.165) is 17.9 Å². The van der Waals surface area contributed by atoms with Gasteiger partial charge in [0, 0.05) is 6.42 Å². The minimum absolute atomic E-state index is 0.200. The van der Waals surface area contributed by atoms with E-state index in [1.165, 1.54) is 0 Å². The van der Waals surface area contributed by atoms with Crippen molar-refractivity contribution in [2.75, 3.05) is 0 Å². The molecule has 0 aliphatic heterocycles. The van der Waals surface area contributed by atoms with E-state index in [0.29, 0.717) is 5.92 Å². The van der Waals surface area contributed by atoms with Crippen molar-refractivity contribution in [3.8, 4) is 0 Å². The van der Waals surface area contributed by atoms with Gasteiger partial charge in [0.05, 0.1) is 5.25 Å². The van der Waals surface area contributed by atoms with Gasteiger partial charge in [-0.1, -0.05) is 13.8 Å². The van der Waals surface area contributed by atoms with Crippen LogP contribution >= 0.6 is 12.6 Å². The maximum atomic E-state index is 5.58. The van der Waals surface area contributed by atoms with E-state index in [1.807, 2.05) is 19.1 Å². The van der Waals surface area contributed by atoms with E-state index >= 15 is 0 Å². The lowest BCUT2D eigenvalue weighted by Gasteiger charge is -2.01. The zero-order valence-electron chi connectivity index (χ0n) is 7.87. The summed E-state index contributed by atoms with van der Waals surface area (Å²) in [6, 6.07) is 4.05. The second kappa shape index (κ2) is 4.04. The third-order valence-corrected chi connectivity index (χ3v) is 1.96. The van der Waals surface area contributed by atoms with Crippen LogP contribution in [0.5, 0.6) is 0 Å². The topological polar surface area (TPSA) is 13.1 Å². The van der Waals surface area contributed by atoms with Crippen LogP contribution in [0.4, 0.5) is 0 Å². The van der Waals surface area contributed by atoms with Gasteiger partial charge in [0.15, 0.2) is 0 Å². The Morgan fingerprint density at radius 1 is 1.33 bits per heavy atom. The largest absolute Gasteiger partial charge is 0.465 e. The van der Waals surface area contributed by atoms with E-state index < -0.39 is 0 Å². The van der Waals surface area contributed by atoms with Crippen molar-refractivity contribution < 1.29 is 4.42 Å². The number of rotatable bonds is 3. The highest BCUT2D eigenvalue weighted by Gasteiger charge is 2.06. The number of hydrogen-bond acceptors (Lipinski definition) is 2. The molecule has 0 aliphatic rings. The van der Waals surface area contributed by atoms with Crippen molar-refractivity contribution in [1.29, 1.82) is 0 Å². The van der Waals surface area contributed by atoms with Gasteiger partial charge in [0.25, 0.3) is 0 Å². The van der Waals surface area contributed by atoms with Gasteiger partial charge in [-0.3, -0.25) is 0 Å². The van der Waals surface area contributed by atoms with Crippen molar-refractivity contribution in [1.82, 2.24) is 0 Å². The zero-order valence-corrected chi connectivity index (χ0v) is 8.77. The quantitative estimate of drug-likeness (QED) is 0.710. The van der Waals surface area contributed by atoms with Gasteiger partial charge in [-0.15, -0.1) is 0 Å². The van der Waals surface area contributed by atoms with Crippen molar-refractivity contribution >= 4 is 12.6 Å². The molecule has 0 amide bonds. The molecule has 0 saturated heterocycles. The first kappa shape index (κ1) is 9.72. The Morgan fingerprint density at radius 3 is 2.42 bits per heavy atom. The fraction of sp³-hybridized carbons (Fsp3) is 0.600. The summed E-state index contributed by atoms with van der Waals surface area (Å²) in [6.07, 6.45) is 1.01. The Hall–Kier alpha value is -0.370. The van der Waals surface area contributed by atoms with E-state index in [-0.39, 0.29) is 5.25 Å². The molecule has 1 unspecified atom stereocenters. The second-order valence-electron chi connectivity index (χ2n) is 3.58. The second-order valence-corrected chi connectivity index (χ2v) is 4.35. The molecule has 1 nitrogen and oxygen atoms in total. The molecule has 0 spiro atoms. The summed E-state index contributed by atoms with van der Waals surface area (Å²) in [5, 5.41) is 0.200. The summed E-state index contributed by atoms with van der Waals surface area (Å²) in [7, 11) is 0. The molecule has 2 heteroatoms. The lowest BCUT2D eigenvalue weighted by atomic mass is 10.1. The minimum Gasteiger partial charge on any atom is -0.465 e. The molecule has 1 aromatic rings. The van der Waals surface area contributed by atoms with Crippen molar-refractivity contribution in [2.45, 2.75) is 32.4 Å². The molecule has 0 N–H and O–H groups in total. The van der Waals surface area contributed by atoms with Gasteiger partial charge >= 0.3 is 0 Å². The maximum Gasteiger partial charge on any atom is 0.116 e. The third-order valence-electron chi connectivity index (χ3n) is 1.70. The van der Waals surface area contributed by atoms with Gasteiger partial charge in [-0.2, -0.15) is 12.6 Å². The van der Waals surface area contributed by atoms with Gasteiger partial charge < -0.3 is 4.42 Å². The predicted octanol–water partition coefficient (Wildman–Crippen LogP) is 3.47. The van der Waals surface area contributed by atoms with Crippen molar-refractivity contribution in [2.24, 2.45) is 5.92 Å². The van der Waals surface area contributed by atoms with Crippen LogP contribution in [0.25, 0.3) is 0 Å². The Bertz CT molecular complexity index is 238. The van der Waals surface area contributed by atoms with Crippen molar-refractivity contribution in [3.05, 3.63) is 23.7 Å². The number of thiol groups is 1. The molecule has 1 heterocycles. The first-order chi connectivity index (χ1) is 5.59. The van der Waals surface area contributed by atoms with Gasteiger partial charge in [-0.05, 0) is 25.0 Å². The van der Waals surface area contributed by atoms with E-state index in [2.05, 4.69) is 26.5 Å². The molecule has 68 valence electrons. The summed E-state index contributed by atoms with van der Waals surface area (Å²) < 4.78 is 5.58. The lowest BCUT2D eigenvalue weighted by Crippen LogP contribution is -1.91. The normalized spacial score (nSPS) is 13.8. The number of furan rings is 1. The molecule has 0 aromatic carbocycles. The molecule has 0 bridgehead atoms. The summed E-state index contributed by atoms with van der Waals surface area (Å²) in [5.74, 6) is 2.69. The van der Waals surface area contributed by atoms with Crippen LogP contribution in [0.15, 0.2) is 16.5 Å². The van der Waals surface area contributed by atoms with E-state index in [4.69, 9.17) is 4.42 Å². The maximum absolute atomic E-state index is 5.58. The van der Waals surface area contributed by atoms with Gasteiger partial charge in [0.1, 0.15) is 11.5 Å². The third kappa shape index (κ3) is 2.59. The van der Waals surface area contributed by atoms with Gasteiger partial charge in [-0.25, -0.2) is 0 Å². The van der Waals surface area contributed by atoms with Crippen LogP contribution in [0.1, 0.15) is 37.5 Å². The summed E-state index contributed by atoms with van der Waals surface area (Å²) in [6.45, 7) is 6.39. The molecule has 1 aromatic heterocycles. The Balaban J connectivity index is 2.64. The Morgan fingerprint density at radius 2 is 2.00 bits per heavy atom. The molecule has 0 radical (unpaired) electrons.